The summed E-state index contributed by atoms with van der Waals surface area (Å²) in [5.74, 6) is 0.536. The number of hydrogen-bond donors (Lipinski definition) is 0. The zero-order chi connectivity index (χ0) is 18.6. The van der Waals surface area contributed by atoms with Gasteiger partial charge in [0.25, 0.3) is 0 Å². The highest BCUT2D eigenvalue weighted by Crippen LogP contribution is 2.21. The lowest BCUT2D eigenvalue weighted by molar-refractivity contribution is 0.602. The minimum absolute atomic E-state index is 0.353. The smallest absolute Gasteiger partial charge is 0.175 e. The molecule has 0 saturated carbocycles. The topological polar surface area (TPSA) is 47.0 Å². The minimum atomic E-state index is -3.15. The molecule has 0 amide bonds. The number of thiazole rings is 1. The van der Waals surface area contributed by atoms with Crippen LogP contribution in [0.3, 0.4) is 0 Å². The Labute approximate surface area is 163 Å². The number of benzene rings is 2. The van der Waals surface area contributed by atoms with Crippen molar-refractivity contribution in [3.8, 4) is 0 Å². The third-order valence-electron chi connectivity index (χ3n) is 4.27. The molecule has 3 nitrogen and oxygen atoms in total. The first-order valence-corrected chi connectivity index (χ1v) is 11.6. The number of aromatic nitrogens is 1. The largest absolute Gasteiger partial charge is 0.249 e. The Balaban J connectivity index is 1.66. The summed E-state index contributed by atoms with van der Waals surface area (Å²) in [6.45, 7) is 0. The van der Waals surface area contributed by atoms with E-state index in [9.17, 15) is 8.42 Å². The van der Waals surface area contributed by atoms with Gasteiger partial charge in [0.2, 0.25) is 0 Å². The average Bonchev–Trinajstić information content (AvgIpc) is 3.07. The van der Waals surface area contributed by atoms with E-state index in [0.29, 0.717) is 10.8 Å². The number of rotatable bonds is 7. The second-order valence-corrected chi connectivity index (χ2v) is 9.49. The fourth-order valence-corrected chi connectivity index (χ4v) is 4.40. The van der Waals surface area contributed by atoms with Gasteiger partial charge in [-0.1, -0.05) is 36.4 Å². The van der Waals surface area contributed by atoms with Crippen LogP contribution in [0.15, 0.2) is 58.9 Å². The molecular weight excluding hydrogens is 386 g/mol. The van der Waals surface area contributed by atoms with Crippen molar-refractivity contribution in [2.75, 3.05) is 6.26 Å². The second kappa shape index (κ2) is 8.33. The van der Waals surface area contributed by atoms with Crippen molar-refractivity contribution in [2.24, 2.45) is 0 Å². The lowest BCUT2D eigenvalue weighted by Gasteiger charge is -2.05. The van der Waals surface area contributed by atoms with E-state index in [1.807, 2.05) is 17.6 Å². The molecule has 0 aliphatic carbocycles. The Morgan fingerprint density at radius 1 is 0.923 bits per heavy atom. The molecule has 0 radical (unpaired) electrons. The van der Waals surface area contributed by atoms with Crippen molar-refractivity contribution in [1.29, 1.82) is 0 Å². The van der Waals surface area contributed by atoms with Gasteiger partial charge in [0.15, 0.2) is 9.84 Å². The highest BCUT2D eigenvalue weighted by molar-refractivity contribution is 7.90. The van der Waals surface area contributed by atoms with Crippen LogP contribution in [-0.2, 0) is 35.0 Å². The van der Waals surface area contributed by atoms with Gasteiger partial charge in [-0.2, -0.15) is 0 Å². The summed E-state index contributed by atoms with van der Waals surface area (Å²) in [6.07, 6.45) is 3.82. The van der Waals surface area contributed by atoms with E-state index >= 15 is 0 Å². The van der Waals surface area contributed by atoms with Crippen molar-refractivity contribution in [3.63, 3.8) is 0 Å². The van der Waals surface area contributed by atoms with Gasteiger partial charge in [0.1, 0.15) is 0 Å². The van der Waals surface area contributed by atoms with Crippen molar-refractivity contribution in [1.82, 2.24) is 4.98 Å². The predicted octanol–water partition coefficient (Wildman–Crippen LogP) is 4.66. The lowest BCUT2D eigenvalue weighted by atomic mass is 10.0. The quantitative estimate of drug-likeness (QED) is 0.537. The van der Waals surface area contributed by atoms with E-state index in [4.69, 9.17) is 11.6 Å². The Hall–Kier alpha value is -1.69. The van der Waals surface area contributed by atoms with Crippen LogP contribution in [0.5, 0.6) is 0 Å². The monoisotopic (exact) mass is 405 g/mol. The molecule has 3 rings (SSSR count). The average molecular weight is 406 g/mol. The molecule has 136 valence electrons. The van der Waals surface area contributed by atoms with Crippen LogP contribution in [0.2, 0.25) is 0 Å². The highest BCUT2D eigenvalue weighted by atomic mass is 35.5. The molecule has 1 heterocycles. The molecule has 0 aliphatic heterocycles. The van der Waals surface area contributed by atoms with Crippen LogP contribution < -0.4 is 0 Å². The van der Waals surface area contributed by atoms with Gasteiger partial charge >= 0.3 is 0 Å². The SMILES string of the molecule is CS(=O)(=O)c1ccc(Cc2scnc2CCc2ccc(CCl)cc2)cc1. The van der Waals surface area contributed by atoms with Crippen molar-refractivity contribution in [2.45, 2.75) is 30.0 Å². The predicted molar refractivity (Wildman–Crippen MR) is 108 cm³/mol. The molecule has 6 heteroatoms. The maximum atomic E-state index is 11.6. The number of halogens is 1. The first-order valence-electron chi connectivity index (χ1n) is 8.30. The van der Waals surface area contributed by atoms with E-state index < -0.39 is 9.84 Å². The Kier molecular flexibility index (Phi) is 6.12. The van der Waals surface area contributed by atoms with Gasteiger partial charge in [0, 0.05) is 23.4 Å². The van der Waals surface area contributed by atoms with Crippen LogP contribution in [0.1, 0.15) is 27.3 Å². The number of sulfone groups is 1. The summed E-state index contributed by atoms with van der Waals surface area (Å²) in [7, 11) is -3.15. The molecular formula is C20H20ClNO2S2. The van der Waals surface area contributed by atoms with Gasteiger partial charge < -0.3 is 0 Å². The second-order valence-electron chi connectivity index (χ2n) is 6.27. The summed E-state index contributed by atoms with van der Waals surface area (Å²) >= 11 is 7.48. The number of aryl methyl sites for hydroxylation is 2. The maximum Gasteiger partial charge on any atom is 0.175 e. The highest BCUT2D eigenvalue weighted by Gasteiger charge is 2.10. The first kappa shape index (κ1) is 19.1. The third kappa shape index (κ3) is 4.93. The molecule has 0 N–H and O–H groups in total. The summed E-state index contributed by atoms with van der Waals surface area (Å²) < 4.78 is 23.1. The number of alkyl halides is 1. The van der Waals surface area contributed by atoms with E-state index in [1.165, 1.54) is 16.7 Å². The number of nitrogens with zero attached hydrogens (tertiary/aromatic N) is 1. The van der Waals surface area contributed by atoms with Crippen LogP contribution >= 0.6 is 22.9 Å². The molecule has 0 saturated heterocycles. The van der Waals surface area contributed by atoms with Gasteiger partial charge in [-0.25, -0.2) is 13.4 Å². The van der Waals surface area contributed by atoms with Crippen molar-refractivity contribution < 1.29 is 8.42 Å². The summed E-state index contributed by atoms with van der Waals surface area (Å²) in [4.78, 5) is 6.10. The molecule has 2 aromatic carbocycles. The molecule has 0 bridgehead atoms. The van der Waals surface area contributed by atoms with Gasteiger partial charge in [-0.05, 0) is 41.7 Å². The van der Waals surface area contributed by atoms with Gasteiger partial charge in [0.05, 0.1) is 16.1 Å². The van der Waals surface area contributed by atoms with Crippen LogP contribution in [0.4, 0.5) is 0 Å². The van der Waals surface area contributed by atoms with E-state index in [0.717, 1.165) is 36.1 Å². The van der Waals surface area contributed by atoms with E-state index in [2.05, 4.69) is 29.2 Å². The Morgan fingerprint density at radius 3 is 2.15 bits per heavy atom. The molecule has 0 fully saturated rings. The summed E-state index contributed by atoms with van der Waals surface area (Å²) in [5, 5.41) is 0. The standard InChI is InChI=1S/C20H20ClNO2S2/c1-26(23,24)18-9-6-16(7-10-18)12-20-19(22-14-25-20)11-8-15-2-4-17(13-21)5-3-15/h2-7,9-10,14H,8,11-13H2,1H3. The molecule has 0 aliphatic rings. The molecule has 0 atom stereocenters. The zero-order valence-electron chi connectivity index (χ0n) is 14.5. The van der Waals surface area contributed by atoms with Gasteiger partial charge in [-0.3, -0.25) is 0 Å². The zero-order valence-corrected chi connectivity index (χ0v) is 16.9. The van der Waals surface area contributed by atoms with E-state index in [-0.39, 0.29) is 0 Å². The van der Waals surface area contributed by atoms with Crippen LogP contribution in [0.25, 0.3) is 0 Å². The van der Waals surface area contributed by atoms with Gasteiger partial charge in [-0.15, -0.1) is 22.9 Å². The molecule has 0 unspecified atom stereocenters. The Morgan fingerprint density at radius 2 is 1.54 bits per heavy atom. The third-order valence-corrected chi connectivity index (χ3v) is 6.58. The van der Waals surface area contributed by atoms with Crippen LogP contribution in [-0.4, -0.2) is 19.7 Å². The van der Waals surface area contributed by atoms with Crippen molar-refractivity contribution >= 4 is 32.8 Å². The lowest BCUT2D eigenvalue weighted by Crippen LogP contribution is -1.99. The first-order chi connectivity index (χ1) is 12.5. The van der Waals surface area contributed by atoms with E-state index in [1.54, 1.807) is 23.5 Å². The fraction of sp³-hybridized carbons (Fsp3) is 0.250. The molecule has 3 aromatic rings. The van der Waals surface area contributed by atoms with Crippen molar-refractivity contribution in [3.05, 3.63) is 81.3 Å². The summed E-state index contributed by atoms with van der Waals surface area (Å²) in [6, 6.07) is 15.5. The fourth-order valence-electron chi connectivity index (χ4n) is 2.74. The minimum Gasteiger partial charge on any atom is -0.249 e. The maximum absolute atomic E-state index is 11.6. The Bertz CT molecular complexity index is 962. The molecule has 1 aromatic heterocycles. The number of hydrogen-bond acceptors (Lipinski definition) is 4. The molecule has 0 spiro atoms. The molecule has 26 heavy (non-hydrogen) atoms. The van der Waals surface area contributed by atoms with Crippen LogP contribution in [0, 0.1) is 0 Å². The normalized spacial score (nSPS) is 11.6. The summed E-state index contributed by atoms with van der Waals surface area (Å²) in [5.41, 5.74) is 6.49.